The summed E-state index contributed by atoms with van der Waals surface area (Å²) < 4.78 is 1.01. The van der Waals surface area contributed by atoms with Gasteiger partial charge in [0.1, 0.15) is 0 Å². The van der Waals surface area contributed by atoms with E-state index in [1.54, 1.807) is 0 Å². The average molecular weight is 308 g/mol. The third-order valence-corrected chi connectivity index (χ3v) is 2.65. The van der Waals surface area contributed by atoms with E-state index in [-0.39, 0.29) is 24.2 Å². The molecule has 0 aliphatic carbocycles. The smallest absolute Gasteiger partial charge is 0.224 e. The topological polar surface area (TPSA) is 55.1 Å². The van der Waals surface area contributed by atoms with Crippen molar-refractivity contribution >= 4 is 34.2 Å². The second-order valence-electron chi connectivity index (χ2n) is 3.48. The van der Waals surface area contributed by atoms with Gasteiger partial charge in [-0.3, -0.25) is 4.79 Å². The summed E-state index contributed by atoms with van der Waals surface area (Å²) in [6.07, 6.45) is 0. The van der Waals surface area contributed by atoms with E-state index in [1.165, 1.54) is 0 Å². The van der Waals surface area contributed by atoms with E-state index in [0.717, 1.165) is 10.0 Å². The molecule has 3 nitrogen and oxygen atoms in total. The molecule has 3 N–H and O–H groups in total. The van der Waals surface area contributed by atoms with E-state index in [4.69, 9.17) is 5.73 Å². The Morgan fingerprint density at radius 2 is 2.25 bits per heavy atom. The van der Waals surface area contributed by atoms with Crippen LogP contribution >= 0.6 is 28.3 Å². The largest absolute Gasteiger partial charge is 0.352 e. The van der Waals surface area contributed by atoms with Gasteiger partial charge in [0.25, 0.3) is 0 Å². The summed E-state index contributed by atoms with van der Waals surface area (Å²) >= 11 is 3.38. The van der Waals surface area contributed by atoms with Crippen LogP contribution in [0.5, 0.6) is 0 Å². The minimum atomic E-state index is -0.128. The average Bonchev–Trinajstić information content (AvgIpc) is 2.25. The Hall–Kier alpha value is -0.580. The molecule has 1 unspecified atom stereocenters. The number of halogens is 2. The van der Waals surface area contributed by atoms with Crippen LogP contribution < -0.4 is 11.1 Å². The highest BCUT2D eigenvalue weighted by Crippen LogP contribution is 2.11. The molecular formula is C11H16BrClN2O. The SMILES string of the molecule is CC(CN)C(=O)NCc1cccc(Br)c1.Cl. The van der Waals surface area contributed by atoms with Gasteiger partial charge in [0.15, 0.2) is 0 Å². The predicted molar refractivity (Wildman–Crippen MR) is 71.5 cm³/mol. The first-order chi connectivity index (χ1) is 7.13. The van der Waals surface area contributed by atoms with Crippen molar-refractivity contribution in [3.8, 4) is 0 Å². The van der Waals surface area contributed by atoms with Gasteiger partial charge in [-0.25, -0.2) is 0 Å². The standard InChI is InChI=1S/C11H15BrN2O.ClH/c1-8(6-13)11(15)14-7-9-3-2-4-10(12)5-9;/h2-5,8H,6-7,13H2,1H3,(H,14,15);1H. The Morgan fingerprint density at radius 3 is 2.81 bits per heavy atom. The maximum atomic E-state index is 11.4. The molecule has 1 rings (SSSR count). The van der Waals surface area contributed by atoms with Gasteiger partial charge in [0.2, 0.25) is 5.91 Å². The zero-order valence-electron chi connectivity index (χ0n) is 9.07. The molecule has 1 aromatic rings. The van der Waals surface area contributed by atoms with E-state index in [9.17, 15) is 4.79 Å². The summed E-state index contributed by atoms with van der Waals surface area (Å²) in [6.45, 7) is 2.74. The predicted octanol–water partition coefficient (Wildman–Crippen LogP) is 2.08. The maximum absolute atomic E-state index is 11.4. The number of rotatable bonds is 4. The number of carbonyl (C=O) groups is 1. The zero-order chi connectivity index (χ0) is 11.3. The van der Waals surface area contributed by atoms with Crippen molar-refractivity contribution in [3.63, 3.8) is 0 Å². The first-order valence-corrected chi connectivity index (χ1v) is 5.65. The number of nitrogens with two attached hydrogens (primary N) is 1. The van der Waals surface area contributed by atoms with Crippen molar-refractivity contribution in [1.82, 2.24) is 5.32 Å². The van der Waals surface area contributed by atoms with E-state index < -0.39 is 0 Å². The molecule has 1 amide bonds. The van der Waals surface area contributed by atoms with Crippen molar-refractivity contribution in [2.75, 3.05) is 6.54 Å². The van der Waals surface area contributed by atoms with Crippen molar-refractivity contribution in [1.29, 1.82) is 0 Å². The minimum Gasteiger partial charge on any atom is -0.352 e. The highest BCUT2D eigenvalue weighted by molar-refractivity contribution is 9.10. The molecule has 1 aromatic carbocycles. The lowest BCUT2D eigenvalue weighted by molar-refractivity contribution is -0.124. The molecule has 0 aromatic heterocycles. The third-order valence-electron chi connectivity index (χ3n) is 2.16. The third kappa shape index (κ3) is 4.96. The highest BCUT2D eigenvalue weighted by atomic mass is 79.9. The molecule has 0 saturated carbocycles. The van der Waals surface area contributed by atoms with Crippen molar-refractivity contribution in [3.05, 3.63) is 34.3 Å². The van der Waals surface area contributed by atoms with E-state index >= 15 is 0 Å². The van der Waals surface area contributed by atoms with Gasteiger partial charge in [-0.1, -0.05) is 35.0 Å². The van der Waals surface area contributed by atoms with Crippen LogP contribution in [-0.2, 0) is 11.3 Å². The lowest BCUT2D eigenvalue weighted by atomic mass is 10.1. The fraction of sp³-hybridized carbons (Fsp3) is 0.364. The van der Waals surface area contributed by atoms with Crippen LogP contribution in [0.2, 0.25) is 0 Å². The second-order valence-corrected chi connectivity index (χ2v) is 4.40. The van der Waals surface area contributed by atoms with Gasteiger partial charge < -0.3 is 11.1 Å². The number of hydrogen-bond acceptors (Lipinski definition) is 2. The number of nitrogens with one attached hydrogen (secondary N) is 1. The van der Waals surface area contributed by atoms with Gasteiger partial charge in [-0.05, 0) is 17.7 Å². The van der Waals surface area contributed by atoms with Crippen molar-refractivity contribution < 1.29 is 4.79 Å². The number of benzene rings is 1. The van der Waals surface area contributed by atoms with Gasteiger partial charge in [0.05, 0.1) is 0 Å². The monoisotopic (exact) mass is 306 g/mol. The lowest BCUT2D eigenvalue weighted by Crippen LogP contribution is -2.32. The molecule has 0 heterocycles. The first-order valence-electron chi connectivity index (χ1n) is 4.85. The summed E-state index contributed by atoms with van der Waals surface area (Å²) in [5, 5.41) is 2.84. The molecule has 0 fully saturated rings. The first kappa shape index (κ1) is 15.4. The molecule has 1 atom stereocenters. The normalized spacial score (nSPS) is 11.4. The number of hydrogen-bond donors (Lipinski definition) is 2. The van der Waals surface area contributed by atoms with Gasteiger partial charge in [-0.2, -0.15) is 0 Å². The molecule has 0 saturated heterocycles. The molecule has 5 heteroatoms. The maximum Gasteiger partial charge on any atom is 0.224 e. The Labute approximate surface area is 110 Å². The summed E-state index contributed by atoms with van der Waals surface area (Å²) in [5.74, 6) is -0.130. The summed E-state index contributed by atoms with van der Waals surface area (Å²) in [7, 11) is 0. The Morgan fingerprint density at radius 1 is 1.56 bits per heavy atom. The van der Waals surface area contributed by atoms with Crippen LogP contribution in [0, 0.1) is 5.92 Å². The van der Waals surface area contributed by atoms with Crippen LogP contribution in [0.25, 0.3) is 0 Å². The van der Waals surface area contributed by atoms with Crippen LogP contribution in [-0.4, -0.2) is 12.5 Å². The van der Waals surface area contributed by atoms with Gasteiger partial charge in [-0.15, -0.1) is 12.4 Å². The summed E-state index contributed by atoms with van der Waals surface area (Å²) in [4.78, 5) is 11.4. The Bertz CT molecular complexity index is 347. The Kier molecular flexibility index (Phi) is 7.38. The highest BCUT2D eigenvalue weighted by Gasteiger charge is 2.09. The van der Waals surface area contributed by atoms with Crippen LogP contribution in [0.1, 0.15) is 12.5 Å². The fourth-order valence-corrected chi connectivity index (χ4v) is 1.56. The molecule has 0 bridgehead atoms. The van der Waals surface area contributed by atoms with Crippen molar-refractivity contribution in [2.45, 2.75) is 13.5 Å². The molecule has 0 radical (unpaired) electrons. The number of amides is 1. The summed E-state index contributed by atoms with van der Waals surface area (Å²) in [5.41, 5.74) is 6.47. The van der Waals surface area contributed by atoms with Crippen LogP contribution in [0.3, 0.4) is 0 Å². The molecule has 0 aliphatic heterocycles. The Balaban J connectivity index is 0.00000225. The van der Waals surface area contributed by atoms with Crippen LogP contribution in [0.15, 0.2) is 28.7 Å². The van der Waals surface area contributed by atoms with Gasteiger partial charge in [0, 0.05) is 23.5 Å². The van der Waals surface area contributed by atoms with Crippen molar-refractivity contribution in [2.24, 2.45) is 11.7 Å². The summed E-state index contributed by atoms with van der Waals surface area (Å²) in [6, 6.07) is 7.84. The zero-order valence-corrected chi connectivity index (χ0v) is 11.5. The molecule has 0 aliphatic rings. The van der Waals surface area contributed by atoms with E-state index in [1.807, 2.05) is 31.2 Å². The van der Waals surface area contributed by atoms with E-state index in [0.29, 0.717) is 13.1 Å². The quantitative estimate of drug-likeness (QED) is 0.895. The fourth-order valence-electron chi connectivity index (χ4n) is 1.12. The number of carbonyl (C=O) groups excluding carboxylic acids is 1. The second kappa shape index (κ2) is 7.65. The van der Waals surface area contributed by atoms with Gasteiger partial charge >= 0.3 is 0 Å². The van der Waals surface area contributed by atoms with E-state index in [2.05, 4.69) is 21.2 Å². The molecule has 90 valence electrons. The molecular weight excluding hydrogens is 291 g/mol. The lowest BCUT2D eigenvalue weighted by Gasteiger charge is -2.09. The molecule has 16 heavy (non-hydrogen) atoms. The van der Waals surface area contributed by atoms with Crippen LogP contribution in [0.4, 0.5) is 0 Å². The molecule has 0 spiro atoms. The minimum absolute atomic E-state index is 0.